The summed E-state index contributed by atoms with van der Waals surface area (Å²) < 4.78 is 2.10. The van der Waals surface area contributed by atoms with E-state index in [1.54, 1.807) is 6.92 Å². The lowest BCUT2D eigenvalue weighted by molar-refractivity contribution is -0.385. The number of rotatable bonds is 4. The van der Waals surface area contributed by atoms with Gasteiger partial charge in [0, 0.05) is 30.9 Å². The molecule has 0 bridgehead atoms. The van der Waals surface area contributed by atoms with Crippen LogP contribution >= 0.6 is 0 Å². The smallest absolute Gasteiger partial charge is 0.290 e. The topological polar surface area (TPSA) is 77.1 Å². The van der Waals surface area contributed by atoms with Gasteiger partial charge in [0.05, 0.1) is 10.6 Å². The van der Waals surface area contributed by atoms with Crippen LogP contribution in [0.1, 0.15) is 29.8 Å². The number of aromatic nitrogens is 3. The molecule has 24 heavy (non-hydrogen) atoms. The molecule has 0 unspecified atom stereocenters. The molecule has 128 valence electrons. The van der Waals surface area contributed by atoms with Crippen LogP contribution in [0.3, 0.4) is 0 Å². The van der Waals surface area contributed by atoms with Crippen LogP contribution in [0.25, 0.3) is 0 Å². The Morgan fingerprint density at radius 1 is 1.25 bits per heavy atom. The predicted octanol–water partition coefficient (Wildman–Crippen LogP) is 3.03. The zero-order chi connectivity index (χ0) is 17.3. The molecule has 0 radical (unpaired) electrons. The van der Waals surface area contributed by atoms with E-state index >= 15 is 0 Å². The molecule has 0 saturated carbocycles. The summed E-state index contributed by atoms with van der Waals surface area (Å²) in [5.74, 6) is 1.45. The summed E-state index contributed by atoms with van der Waals surface area (Å²) >= 11 is 0. The van der Waals surface area contributed by atoms with Crippen molar-refractivity contribution in [1.29, 1.82) is 0 Å². The van der Waals surface area contributed by atoms with Crippen LogP contribution in [0.4, 0.5) is 11.5 Å². The third-order valence-electron chi connectivity index (χ3n) is 4.74. The Balaban J connectivity index is 1.62. The first kappa shape index (κ1) is 16.4. The van der Waals surface area contributed by atoms with Gasteiger partial charge in [0.2, 0.25) is 0 Å². The highest BCUT2D eigenvalue weighted by molar-refractivity contribution is 5.48. The van der Waals surface area contributed by atoms with Crippen molar-refractivity contribution < 1.29 is 4.92 Å². The van der Waals surface area contributed by atoms with Crippen molar-refractivity contribution in [3.63, 3.8) is 0 Å². The normalized spacial score (nSPS) is 15.7. The highest BCUT2D eigenvalue weighted by Crippen LogP contribution is 2.26. The molecular weight excluding hydrogens is 306 g/mol. The van der Waals surface area contributed by atoms with Crippen molar-refractivity contribution in [2.24, 2.45) is 5.92 Å². The second kappa shape index (κ2) is 6.59. The molecule has 0 aromatic carbocycles. The molecule has 3 rings (SSSR count). The maximum absolute atomic E-state index is 10.9. The van der Waals surface area contributed by atoms with E-state index in [-0.39, 0.29) is 10.6 Å². The van der Waals surface area contributed by atoms with Gasteiger partial charge in [-0.3, -0.25) is 14.8 Å². The third kappa shape index (κ3) is 3.39. The van der Waals surface area contributed by atoms with Crippen LogP contribution in [0.5, 0.6) is 0 Å². The van der Waals surface area contributed by atoms with Crippen LogP contribution in [0.2, 0.25) is 0 Å². The second-order valence-electron chi connectivity index (χ2n) is 6.63. The highest BCUT2D eigenvalue weighted by Gasteiger charge is 2.22. The highest BCUT2D eigenvalue weighted by atomic mass is 16.6. The molecule has 7 heteroatoms. The van der Waals surface area contributed by atoms with E-state index in [2.05, 4.69) is 32.7 Å². The summed E-state index contributed by atoms with van der Waals surface area (Å²) in [5.41, 5.74) is 3.02. The van der Waals surface area contributed by atoms with Gasteiger partial charge < -0.3 is 4.90 Å². The van der Waals surface area contributed by atoms with Crippen molar-refractivity contribution in [2.75, 3.05) is 18.0 Å². The van der Waals surface area contributed by atoms with Gasteiger partial charge in [-0.25, -0.2) is 4.98 Å². The van der Waals surface area contributed by atoms with E-state index in [9.17, 15) is 10.1 Å². The molecule has 0 amide bonds. The lowest BCUT2D eigenvalue weighted by Gasteiger charge is -2.33. The van der Waals surface area contributed by atoms with Gasteiger partial charge in [0.15, 0.2) is 0 Å². The van der Waals surface area contributed by atoms with Crippen LogP contribution in [-0.4, -0.2) is 32.8 Å². The first-order chi connectivity index (χ1) is 11.4. The summed E-state index contributed by atoms with van der Waals surface area (Å²) in [7, 11) is 0. The van der Waals surface area contributed by atoms with E-state index in [1.807, 2.05) is 13.0 Å². The molecule has 0 aliphatic carbocycles. The fourth-order valence-corrected chi connectivity index (χ4v) is 3.35. The van der Waals surface area contributed by atoms with Gasteiger partial charge in [-0.05, 0) is 51.7 Å². The van der Waals surface area contributed by atoms with E-state index in [0.717, 1.165) is 44.0 Å². The van der Waals surface area contributed by atoms with E-state index in [0.29, 0.717) is 11.5 Å². The summed E-state index contributed by atoms with van der Waals surface area (Å²) in [6, 6.07) is 3.93. The number of nitrogens with zero attached hydrogens (tertiary/aromatic N) is 5. The van der Waals surface area contributed by atoms with Crippen molar-refractivity contribution in [1.82, 2.24) is 14.8 Å². The molecule has 0 N–H and O–H groups in total. The Bertz CT molecular complexity index is 747. The van der Waals surface area contributed by atoms with Crippen LogP contribution in [0, 0.1) is 36.8 Å². The van der Waals surface area contributed by atoms with E-state index in [4.69, 9.17) is 0 Å². The number of piperidine rings is 1. The number of nitro groups is 1. The monoisotopic (exact) mass is 329 g/mol. The van der Waals surface area contributed by atoms with Crippen molar-refractivity contribution in [2.45, 2.75) is 40.2 Å². The Morgan fingerprint density at radius 2 is 1.96 bits per heavy atom. The Labute approximate surface area is 141 Å². The van der Waals surface area contributed by atoms with Crippen LogP contribution < -0.4 is 4.90 Å². The molecule has 7 nitrogen and oxygen atoms in total. The number of aryl methyl sites for hydroxylation is 3. The fourth-order valence-electron chi connectivity index (χ4n) is 3.35. The van der Waals surface area contributed by atoms with Crippen LogP contribution in [0.15, 0.2) is 18.3 Å². The van der Waals surface area contributed by atoms with Crippen molar-refractivity contribution in [3.8, 4) is 0 Å². The average molecular weight is 329 g/mol. The molecule has 1 fully saturated rings. The predicted molar refractivity (Wildman–Crippen MR) is 92.3 cm³/mol. The minimum absolute atomic E-state index is 0.0816. The molecule has 0 spiro atoms. The van der Waals surface area contributed by atoms with Crippen molar-refractivity contribution >= 4 is 11.5 Å². The molecule has 0 atom stereocenters. The van der Waals surface area contributed by atoms with Gasteiger partial charge in [-0.15, -0.1) is 0 Å². The SMILES string of the molecule is Cc1cc(C)n(CC2CCN(c3cc(C)c([N+](=O)[O-])cn3)CC2)n1. The lowest BCUT2D eigenvalue weighted by atomic mass is 9.96. The van der Waals surface area contributed by atoms with Gasteiger partial charge in [0.25, 0.3) is 5.69 Å². The molecule has 2 aromatic heterocycles. The zero-order valence-corrected chi connectivity index (χ0v) is 14.4. The maximum atomic E-state index is 10.9. The third-order valence-corrected chi connectivity index (χ3v) is 4.74. The number of pyridine rings is 1. The molecule has 1 aliphatic heterocycles. The van der Waals surface area contributed by atoms with Gasteiger partial charge in [-0.1, -0.05) is 0 Å². The summed E-state index contributed by atoms with van der Waals surface area (Å²) in [6.45, 7) is 8.69. The number of anilines is 1. The minimum Gasteiger partial charge on any atom is -0.357 e. The maximum Gasteiger partial charge on any atom is 0.290 e. The van der Waals surface area contributed by atoms with Gasteiger partial charge in [-0.2, -0.15) is 5.10 Å². The first-order valence-corrected chi connectivity index (χ1v) is 8.31. The quantitative estimate of drug-likeness (QED) is 0.636. The Morgan fingerprint density at radius 3 is 2.50 bits per heavy atom. The molecule has 3 heterocycles. The zero-order valence-electron chi connectivity index (χ0n) is 14.4. The fraction of sp³-hybridized carbons (Fsp3) is 0.529. The second-order valence-corrected chi connectivity index (χ2v) is 6.63. The molecule has 1 aliphatic rings. The average Bonchev–Trinajstić information content (AvgIpc) is 2.85. The van der Waals surface area contributed by atoms with Gasteiger partial charge >= 0.3 is 0 Å². The molecule has 2 aromatic rings. The number of hydrogen-bond acceptors (Lipinski definition) is 5. The van der Waals surface area contributed by atoms with Crippen LogP contribution in [-0.2, 0) is 6.54 Å². The minimum atomic E-state index is -0.382. The van der Waals surface area contributed by atoms with E-state index < -0.39 is 0 Å². The summed E-state index contributed by atoms with van der Waals surface area (Å²) in [4.78, 5) is 17.0. The van der Waals surface area contributed by atoms with E-state index in [1.165, 1.54) is 11.9 Å². The van der Waals surface area contributed by atoms with Gasteiger partial charge in [0.1, 0.15) is 12.0 Å². The lowest BCUT2D eigenvalue weighted by Crippen LogP contribution is -2.35. The first-order valence-electron chi connectivity index (χ1n) is 8.31. The Kier molecular flexibility index (Phi) is 4.51. The number of hydrogen-bond donors (Lipinski definition) is 0. The summed E-state index contributed by atoms with van der Waals surface area (Å²) in [5, 5.41) is 15.4. The standard InChI is InChI=1S/C17H23N5O2/c1-12-8-17(18-10-16(12)22(23)24)20-6-4-15(5-7-20)11-21-14(3)9-13(2)19-21/h8-10,15H,4-7,11H2,1-3H3. The summed E-state index contributed by atoms with van der Waals surface area (Å²) in [6.07, 6.45) is 3.53. The molecule has 1 saturated heterocycles. The largest absolute Gasteiger partial charge is 0.357 e. The van der Waals surface area contributed by atoms with Crippen molar-refractivity contribution in [3.05, 3.63) is 45.4 Å². The Hall–Kier alpha value is -2.44. The molecular formula is C17H23N5O2.